The molecule has 3 N–H and O–H groups in total. The smallest absolute Gasteiger partial charge is 0.255 e. The van der Waals surface area contributed by atoms with E-state index in [4.69, 9.17) is 11.6 Å². The summed E-state index contributed by atoms with van der Waals surface area (Å²) < 4.78 is 1.63. The lowest BCUT2D eigenvalue weighted by Crippen LogP contribution is -2.11. The van der Waals surface area contributed by atoms with Crippen LogP contribution in [0.25, 0.3) is 22.3 Å². The number of pyridine rings is 1. The van der Waals surface area contributed by atoms with Gasteiger partial charge in [-0.2, -0.15) is 10.1 Å². The number of carbonyl (C=O) groups is 1. The molecule has 2 aromatic carbocycles. The Bertz CT molecular complexity index is 1410. The van der Waals surface area contributed by atoms with E-state index in [2.05, 4.69) is 35.9 Å². The number of anilines is 3. The summed E-state index contributed by atoms with van der Waals surface area (Å²) >= 11 is 6.49. The molecule has 0 fully saturated rings. The molecule has 10 heteroatoms. The van der Waals surface area contributed by atoms with Crippen LogP contribution >= 0.6 is 11.6 Å². The molecule has 0 saturated heterocycles. The number of rotatable bonds is 5. The van der Waals surface area contributed by atoms with Crippen molar-refractivity contribution in [3.8, 4) is 11.4 Å². The Morgan fingerprint density at radius 1 is 1.09 bits per heavy atom. The number of aryl methyl sites for hydroxylation is 1. The Hall–Kier alpha value is -4.24. The molecule has 3 aromatic heterocycles. The first-order valence-corrected chi connectivity index (χ1v) is 10.1. The maximum Gasteiger partial charge on any atom is 0.255 e. The number of hydrogen-bond donors (Lipinski definition) is 3. The highest BCUT2D eigenvalue weighted by atomic mass is 35.5. The van der Waals surface area contributed by atoms with E-state index < -0.39 is 0 Å². The zero-order chi connectivity index (χ0) is 22.1. The standard InChI is InChI=1S/C22H17ClN8O/c1-31-22(27-18-9-8-17-16(19(18)23)12-25-29-17)28-20(30-31)13-4-6-14(7-5-13)21(32)26-15-3-2-10-24-11-15/h2-12H,1H3,(H,25,29)(H,26,32)(H,27,28,30). The van der Waals surface area contributed by atoms with Gasteiger partial charge in [-0.3, -0.25) is 14.9 Å². The van der Waals surface area contributed by atoms with Crippen molar-refractivity contribution in [2.45, 2.75) is 0 Å². The van der Waals surface area contributed by atoms with Crippen molar-refractivity contribution in [1.29, 1.82) is 0 Å². The van der Waals surface area contributed by atoms with Crippen molar-refractivity contribution in [3.05, 3.63) is 77.7 Å². The SMILES string of the molecule is Cn1nc(-c2ccc(C(=O)Nc3cccnc3)cc2)nc1Nc1ccc2[nH]ncc2c1Cl. The summed E-state index contributed by atoms with van der Waals surface area (Å²) in [6.07, 6.45) is 4.92. The fraction of sp³-hybridized carbons (Fsp3) is 0.0455. The average Bonchev–Trinajstić information content (AvgIpc) is 3.44. The molecule has 0 aliphatic carbocycles. The maximum absolute atomic E-state index is 12.4. The minimum atomic E-state index is -0.217. The van der Waals surface area contributed by atoms with Crippen LogP contribution in [-0.2, 0) is 7.05 Å². The predicted octanol–water partition coefficient (Wildman–Crippen LogP) is 4.40. The van der Waals surface area contributed by atoms with E-state index in [1.54, 1.807) is 54.6 Å². The van der Waals surface area contributed by atoms with Gasteiger partial charge in [-0.05, 0) is 36.4 Å². The zero-order valence-corrected chi connectivity index (χ0v) is 17.6. The molecule has 9 nitrogen and oxygen atoms in total. The van der Waals surface area contributed by atoms with Gasteiger partial charge in [-0.1, -0.05) is 23.7 Å². The van der Waals surface area contributed by atoms with Crippen LogP contribution in [0.2, 0.25) is 5.02 Å². The molecule has 32 heavy (non-hydrogen) atoms. The number of halogens is 1. The Labute approximate surface area is 187 Å². The van der Waals surface area contributed by atoms with Crippen LogP contribution in [0.5, 0.6) is 0 Å². The molecule has 0 atom stereocenters. The van der Waals surface area contributed by atoms with E-state index >= 15 is 0 Å². The number of H-pyrrole nitrogens is 1. The van der Waals surface area contributed by atoms with Crippen LogP contribution < -0.4 is 10.6 Å². The molecule has 0 saturated carbocycles. The lowest BCUT2D eigenvalue weighted by molar-refractivity contribution is 0.102. The number of carbonyl (C=O) groups excluding carboxylic acids is 1. The number of aromatic amines is 1. The van der Waals surface area contributed by atoms with Gasteiger partial charge < -0.3 is 10.6 Å². The average molecular weight is 445 g/mol. The number of nitrogens with one attached hydrogen (secondary N) is 3. The molecule has 0 radical (unpaired) electrons. The Balaban J connectivity index is 1.35. The van der Waals surface area contributed by atoms with Crippen LogP contribution in [0, 0.1) is 0 Å². The molecular weight excluding hydrogens is 428 g/mol. The molecule has 5 rings (SSSR count). The number of amides is 1. The molecule has 1 amide bonds. The molecule has 0 bridgehead atoms. The summed E-state index contributed by atoms with van der Waals surface area (Å²) in [5.41, 5.74) is 3.49. The third-order valence-electron chi connectivity index (χ3n) is 4.89. The number of benzene rings is 2. The largest absolute Gasteiger partial charge is 0.323 e. The second-order valence-electron chi connectivity index (χ2n) is 7.04. The van der Waals surface area contributed by atoms with Crippen LogP contribution in [0.15, 0.2) is 67.1 Å². The molecule has 0 aliphatic heterocycles. The maximum atomic E-state index is 12.4. The number of aromatic nitrogens is 6. The van der Waals surface area contributed by atoms with Crippen LogP contribution in [0.1, 0.15) is 10.4 Å². The minimum absolute atomic E-state index is 0.217. The third-order valence-corrected chi connectivity index (χ3v) is 5.30. The van der Waals surface area contributed by atoms with Crippen LogP contribution in [0.4, 0.5) is 17.3 Å². The highest BCUT2D eigenvalue weighted by Gasteiger charge is 2.14. The van der Waals surface area contributed by atoms with Crippen molar-refractivity contribution in [3.63, 3.8) is 0 Å². The second-order valence-corrected chi connectivity index (χ2v) is 7.42. The van der Waals surface area contributed by atoms with Gasteiger partial charge in [0.15, 0.2) is 5.82 Å². The van der Waals surface area contributed by atoms with Gasteiger partial charge in [0.1, 0.15) is 0 Å². The van der Waals surface area contributed by atoms with Crippen molar-refractivity contribution in [1.82, 2.24) is 29.9 Å². The van der Waals surface area contributed by atoms with Crippen LogP contribution in [0.3, 0.4) is 0 Å². The van der Waals surface area contributed by atoms with E-state index in [0.29, 0.717) is 33.7 Å². The zero-order valence-electron chi connectivity index (χ0n) is 16.9. The lowest BCUT2D eigenvalue weighted by atomic mass is 10.1. The summed E-state index contributed by atoms with van der Waals surface area (Å²) in [6, 6.07) is 14.4. The Morgan fingerprint density at radius 3 is 2.72 bits per heavy atom. The van der Waals surface area contributed by atoms with Gasteiger partial charge >= 0.3 is 0 Å². The highest BCUT2D eigenvalue weighted by molar-refractivity contribution is 6.38. The number of hydrogen-bond acceptors (Lipinski definition) is 6. The molecule has 0 unspecified atom stereocenters. The van der Waals surface area contributed by atoms with Crippen molar-refractivity contribution < 1.29 is 4.79 Å². The highest BCUT2D eigenvalue weighted by Crippen LogP contribution is 2.32. The summed E-state index contributed by atoms with van der Waals surface area (Å²) in [4.78, 5) is 21.0. The van der Waals surface area contributed by atoms with E-state index in [-0.39, 0.29) is 5.91 Å². The fourth-order valence-corrected chi connectivity index (χ4v) is 3.49. The first-order valence-electron chi connectivity index (χ1n) is 9.70. The van der Waals surface area contributed by atoms with Crippen molar-refractivity contribution in [2.24, 2.45) is 7.05 Å². The van der Waals surface area contributed by atoms with E-state index in [1.165, 1.54) is 0 Å². The van der Waals surface area contributed by atoms with Gasteiger partial charge in [0.2, 0.25) is 5.95 Å². The van der Waals surface area contributed by atoms with E-state index in [9.17, 15) is 4.79 Å². The van der Waals surface area contributed by atoms with Gasteiger partial charge in [-0.25, -0.2) is 4.68 Å². The first kappa shape index (κ1) is 19.7. The number of fused-ring (bicyclic) bond motifs is 1. The van der Waals surface area contributed by atoms with Gasteiger partial charge in [-0.15, -0.1) is 5.10 Å². The van der Waals surface area contributed by atoms with Crippen molar-refractivity contribution >= 4 is 45.7 Å². The first-order chi connectivity index (χ1) is 15.6. The van der Waals surface area contributed by atoms with Gasteiger partial charge in [0.25, 0.3) is 5.91 Å². The number of nitrogens with zero attached hydrogens (tertiary/aromatic N) is 5. The molecule has 0 spiro atoms. The summed E-state index contributed by atoms with van der Waals surface area (Å²) in [5.74, 6) is 0.836. The van der Waals surface area contributed by atoms with Gasteiger partial charge in [0.05, 0.1) is 34.3 Å². The molecule has 158 valence electrons. The Morgan fingerprint density at radius 2 is 1.94 bits per heavy atom. The fourth-order valence-electron chi connectivity index (χ4n) is 3.23. The van der Waals surface area contributed by atoms with E-state index in [1.807, 2.05) is 24.3 Å². The summed E-state index contributed by atoms with van der Waals surface area (Å²) in [5, 5.41) is 18.8. The third kappa shape index (κ3) is 3.77. The molecule has 5 aromatic rings. The molecular formula is C22H17ClN8O. The predicted molar refractivity (Wildman–Crippen MR) is 123 cm³/mol. The second kappa shape index (κ2) is 8.12. The minimum Gasteiger partial charge on any atom is -0.323 e. The van der Waals surface area contributed by atoms with Crippen molar-refractivity contribution in [2.75, 3.05) is 10.6 Å². The summed E-state index contributed by atoms with van der Waals surface area (Å²) in [6.45, 7) is 0. The summed E-state index contributed by atoms with van der Waals surface area (Å²) in [7, 11) is 1.79. The normalized spacial score (nSPS) is 10.9. The van der Waals surface area contributed by atoms with Crippen LogP contribution in [-0.4, -0.2) is 35.9 Å². The molecule has 3 heterocycles. The quantitative estimate of drug-likeness (QED) is 0.370. The Kier molecular flexibility index (Phi) is 5.00. The van der Waals surface area contributed by atoms with Gasteiger partial charge in [0, 0.05) is 29.8 Å². The van der Waals surface area contributed by atoms with E-state index in [0.717, 1.165) is 16.5 Å². The topological polar surface area (TPSA) is 113 Å². The molecule has 0 aliphatic rings. The lowest BCUT2D eigenvalue weighted by Gasteiger charge is -2.07. The monoisotopic (exact) mass is 444 g/mol.